The highest BCUT2D eigenvalue weighted by Crippen LogP contribution is 2.31. The summed E-state index contributed by atoms with van der Waals surface area (Å²) in [6, 6.07) is 6.32. The van der Waals surface area contributed by atoms with Crippen LogP contribution in [0.3, 0.4) is 0 Å². The summed E-state index contributed by atoms with van der Waals surface area (Å²) in [5, 5.41) is 0.524. The van der Waals surface area contributed by atoms with E-state index >= 15 is 0 Å². The van der Waals surface area contributed by atoms with E-state index in [1.165, 1.54) is 30.9 Å². The standard InChI is InChI=1S/C12H14N4O2S2/c1-8-5-6-15-12(16-8)19-11-7-9(3-4-10(11)13)20(17,18)14-2/h3-7,14H,13H2,1-2H3. The zero-order valence-corrected chi connectivity index (χ0v) is 12.6. The lowest BCUT2D eigenvalue weighted by molar-refractivity contribution is 0.588. The van der Waals surface area contributed by atoms with E-state index in [1.54, 1.807) is 18.3 Å². The molecule has 0 amide bonds. The van der Waals surface area contributed by atoms with Crippen LogP contribution in [0.25, 0.3) is 0 Å². The van der Waals surface area contributed by atoms with E-state index in [-0.39, 0.29) is 4.90 Å². The van der Waals surface area contributed by atoms with Crippen LogP contribution in [-0.4, -0.2) is 25.4 Å². The van der Waals surface area contributed by atoms with Crippen LogP contribution in [0.1, 0.15) is 5.69 Å². The maximum atomic E-state index is 11.8. The molecule has 2 aromatic rings. The summed E-state index contributed by atoms with van der Waals surface area (Å²) in [4.78, 5) is 9.13. The minimum atomic E-state index is -3.50. The van der Waals surface area contributed by atoms with Crippen LogP contribution in [0.5, 0.6) is 0 Å². The molecule has 0 unspecified atom stereocenters. The molecule has 2 rings (SSSR count). The maximum absolute atomic E-state index is 11.8. The topological polar surface area (TPSA) is 98.0 Å². The van der Waals surface area contributed by atoms with Crippen LogP contribution in [0.2, 0.25) is 0 Å². The van der Waals surface area contributed by atoms with Gasteiger partial charge in [-0.25, -0.2) is 23.1 Å². The molecular weight excluding hydrogens is 296 g/mol. The number of anilines is 1. The average molecular weight is 310 g/mol. The number of nitrogen functional groups attached to an aromatic ring is 1. The fourth-order valence-electron chi connectivity index (χ4n) is 1.46. The van der Waals surface area contributed by atoms with Gasteiger partial charge in [0.15, 0.2) is 5.16 Å². The van der Waals surface area contributed by atoms with Gasteiger partial charge < -0.3 is 5.73 Å². The van der Waals surface area contributed by atoms with Crippen molar-refractivity contribution in [3.05, 3.63) is 36.2 Å². The molecule has 8 heteroatoms. The molecule has 1 aromatic heterocycles. The number of nitrogens with zero attached hydrogens (tertiary/aromatic N) is 2. The summed E-state index contributed by atoms with van der Waals surface area (Å²) in [7, 11) is -2.13. The van der Waals surface area contributed by atoms with Gasteiger partial charge in [-0.05, 0) is 50.0 Å². The molecule has 0 fully saturated rings. The molecule has 0 aliphatic carbocycles. The Morgan fingerprint density at radius 3 is 2.70 bits per heavy atom. The van der Waals surface area contributed by atoms with Gasteiger partial charge >= 0.3 is 0 Å². The van der Waals surface area contributed by atoms with Gasteiger partial charge in [-0.1, -0.05) is 0 Å². The molecule has 0 bridgehead atoms. The molecule has 0 aliphatic rings. The van der Waals surface area contributed by atoms with Crippen LogP contribution in [0.4, 0.5) is 5.69 Å². The molecular formula is C12H14N4O2S2. The monoisotopic (exact) mass is 310 g/mol. The predicted octanol–water partition coefficient (Wildman–Crippen LogP) is 1.43. The summed E-state index contributed by atoms with van der Waals surface area (Å²) in [5.41, 5.74) is 7.18. The number of nitrogens with one attached hydrogen (secondary N) is 1. The summed E-state index contributed by atoms with van der Waals surface area (Å²) >= 11 is 1.23. The van der Waals surface area contributed by atoms with Gasteiger partial charge in [-0.3, -0.25) is 0 Å². The van der Waals surface area contributed by atoms with E-state index in [4.69, 9.17) is 5.73 Å². The Bertz CT molecular complexity index is 732. The van der Waals surface area contributed by atoms with E-state index < -0.39 is 10.0 Å². The second kappa shape index (κ2) is 5.78. The fraction of sp³-hybridized carbons (Fsp3) is 0.167. The van der Waals surface area contributed by atoms with Crippen molar-refractivity contribution in [3.63, 3.8) is 0 Å². The first-order valence-electron chi connectivity index (χ1n) is 5.73. The van der Waals surface area contributed by atoms with E-state index in [1.807, 2.05) is 6.92 Å². The third-order valence-corrected chi connectivity index (χ3v) is 4.90. The van der Waals surface area contributed by atoms with Gasteiger partial charge in [0.05, 0.1) is 4.90 Å². The maximum Gasteiger partial charge on any atom is 0.240 e. The molecule has 0 radical (unpaired) electrons. The van der Waals surface area contributed by atoms with Crippen molar-refractivity contribution in [2.24, 2.45) is 0 Å². The van der Waals surface area contributed by atoms with Crippen molar-refractivity contribution < 1.29 is 8.42 Å². The minimum absolute atomic E-state index is 0.157. The molecule has 1 aromatic carbocycles. The van der Waals surface area contributed by atoms with Gasteiger partial charge in [-0.2, -0.15) is 0 Å². The Kier molecular flexibility index (Phi) is 4.26. The van der Waals surface area contributed by atoms with Crippen molar-refractivity contribution in [2.75, 3.05) is 12.8 Å². The first-order valence-corrected chi connectivity index (χ1v) is 8.03. The van der Waals surface area contributed by atoms with Gasteiger partial charge in [-0.15, -0.1) is 0 Å². The smallest absolute Gasteiger partial charge is 0.240 e. The second-order valence-electron chi connectivity index (χ2n) is 3.99. The number of aromatic nitrogens is 2. The number of hydrogen-bond acceptors (Lipinski definition) is 6. The SMILES string of the molecule is CNS(=O)(=O)c1ccc(N)c(Sc2nccc(C)n2)c1. The lowest BCUT2D eigenvalue weighted by Gasteiger charge is -2.08. The lowest BCUT2D eigenvalue weighted by atomic mass is 10.3. The molecule has 20 heavy (non-hydrogen) atoms. The zero-order chi connectivity index (χ0) is 14.8. The number of hydrogen-bond donors (Lipinski definition) is 2. The number of aryl methyl sites for hydroxylation is 1. The first kappa shape index (κ1) is 14.8. The highest BCUT2D eigenvalue weighted by molar-refractivity contribution is 7.99. The molecule has 1 heterocycles. The summed E-state index contributed by atoms with van der Waals surface area (Å²) in [6.45, 7) is 1.86. The van der Waals surface area contributed by atoms with E-state index in [2.05, 4.69) is 14.7 Å². The fourth-order valence-corrected chi connectivity index (χ4v) is 3.16. The van der Waals surface area contributed by atoms with E-state index in [9.17, 15) is 8.42 Å². The van der Waals surface area contributed by atoms with Crippen molar-refractivity contribution >= 4 is 27.5 Å². The van der Waals surface area contributed by atoms with Crippen molar-refractivity contribution in [1.29, 1.82) is 0 Å². The molecule has 0 atom stereocenters. The molecule has 0 aliphatic heterocycles. The second-order valence-corrected chi connectivity index (χ2v) is 6.89. The molecule has 0 saturated carbocycles. The highest BCUT2D eigenvalue weighted by Gasteiger charge is 2.14. The normalized spacial score (nSPS) is 11.5. The Morgan fingerprint density at radius 2 is 2.05 bits per heavy atom. The van der Waals surface area contributed by atoms with Gasteiger partial charge in [0.1, 0.15) is 0 Å². The van der Waals surface area contributed by atoms with Crippen LogP contribution < -0.4 is 10.5 Å². The summed E-state index contributed by atoms with van der Waals surface area (Å²) in [6.07, 6.45) is 1.65. The number of nitrogens with two attached hydrogens (primary N) is 1. The Balaban J connectivity index is 2.39. The van der Waals surface area contributed by atoms with Gasteiger partial charge in [0.2, 0.25) is 10.0 Å². The molecule has 106 valence electrons. The minimum Gasteiger partial charge on any atom is -0.398 e. The molecule has 3 N–H and O–H groups in total. The third-order valence-electron chi connectivity index (χ3n) is 2.54. The van der Waals surface area contributed by atoms with Crippen LogP contribution in [0.15, 0.2) is 45.4 Å². The third kappa shape index (κ3) is 3.27. The highest BCUT2D eigenvalue weighted by atomic mass is 32.2. The van der Waals surface area contributed by atoms with Crippen LogP contribution in [-0.2, 0) is 10.0 Å². The molecule has 6 nitrogen and oxygen atoms in total. The van der Waals surface area contributed by atoms with Crippen LogP contribution >= 0.6 is 11.8 Å². The summed E-state index contributed by atoms with van der Waals surface area (Å²) in [5.74, 6) is 0. The molecule has 0 spiro atoms. The van der Waals surface area contributed by atoms with Crippen molar-refractivity contribution in [3.8, 4) is 0 Å². The van der Waals surface area contributed by atoms with E-state index in [0.717, 1.165) is 5.69 Å². The Labute approximate surface area is 121 Å². The van der Waals surface area contributed by atoms with Crippen molar-refractivity contribution in [1.82, 2.24) is 14.7 Å². The van der Waals surface area contributed by atoms with Crippen LogP contribution in [0, 0.1) is 6.92 Å². The number of benzene rings is 1. The first-order chi connectivity index (χ1) is 9.42. The average Bonchev–Trinajstić information content (AvgIpc) is 2.41. The number of sulfonamides is 1. The zero-order valence-electron chi connectivity index (χ0n) is 11.0. The Morgan fingerprint density at radius 1 is 1.30 bits per heavy atom. The lowest BCUT2D eigenvalue weighted by Crippen LogP contribution is -2.18. The molecule has 0 saturated heterocycles. The Hall–Kier alpha value is -1.64. The number of rotatable bonds is 4. The van der Waals surface area contributed by atoms with Gasteiger partial charge in [0.25, 0.3) is 0 Å². The van der Waals surface area contributed by atoms with Gasteiger partial charge in [0, 0.05) is 22.5 Å². The quantitative estimate of drug-likeness (QED) is 0.655. The summed E-state index contributed by atoms with van der Waals surface area (Å²) < 4.78 is 25.8. The van der Waals surface area contributed by atoms with E-state index in [0.29, 0.717) is 15.7 Å². The van der Waals surface area contributed by atoms with Crippen molar-refractivity contribution in [2.45, 2.75) is 21.9 Å². The predicted molar refractivity (Wildman–Crippen MR) is 78.0 cm³/mol. The largest absolute Gasteiger partial charge is 0.398 e.